The molecule has 0 unspecified atom stereocenters. The summed E-state index contributed by atoms with van der Waals surface area (Å²) in [6.07, 6.45) is 0. The second-order valence-corrected chi connectivity index (χ2v) is 18.4. The average Bonchev–Trinajstić information content (AvgIpc) is 2.58. The van der Waals surface area contributed by atoms with Crippen LogP contribution in [0, 0.1) is 32.1 Å². The first kappa shape index (κ1) is 32.3. The lowest BCUT2D eigenvalue weighted by atomic mass is 10.3. The van der Waals surface area contributed by atoms with Crippen LogP contribution >= 0.6 is 203 Å². The first-order valence-corrected chi connectivity index (χ1v) is 19.1. The number of carbonyl (C=O) groups is 1. The number of hydrogen-bond acceptors (Lipinski definition) is 2. The van der Waals surface area contributed by atoms with Crippen molar-refractivity contribution in [3.8, 4) is 0 Å². The maximum Gasteiger partial charge on any atom is 0.193 e. The fraction of sp³-hybridized carbons (Fsp3) is 0.0500. The number of hydrogen-bond donors (Lipinski definition) is 0. The van der Waals surface area contributed by atoms with Crippen molar-refractivity contribution in [3.05, 3.63) is 68.5 Å². The predicted octanol–water partition coefficient (Wildman–Crippen LogP) is 8.98. The molecule has 0 amide bonds. The smallest absolute Gasteiger partial charge is 0.193 e. The van der Waals surface area contributed by atoms with Crippen LogP contribution in [0.3, 0.4) is 0 Å². The van der Waals surface area contributed by atoms with Crippen molar-refractivity contribution in [2.75, 3.05) is 0 Å². The van der Waals surface area contributed by atoms with Crippen LogP contribution < -0.4 is 5.11 Å². The number of benzene rings is 3. The molecule has 0 radical (unpaired) electrons. The van der Waals surface area contributed by atoms with Gasteiger partial charge in [0.15, 0.2) is 14.7 Å². The SMILES string of the molecule is CC(=O)[O-].Ic1cc(I)c([S+](c2c(I)cc(I)cc2I)c2c(I)cc(I)cc2I)c(I)c1. The zero-order chi connectivity index (χ0) is 24.3. The Bertz CT molecular complexity index is 974. The minimum Gasteiger partial charge on any atom is -0.550 e. The van der Waals surface area contributed by atoms with Gasteiger partial charge in [0.25, 0.3) is 0 Å². The van der Waals surface area contributed by atoms with E-state index in [9.17, 15) is 0 Å². The van der Waals surface area contributed by atoms with Gasteiger partial charge in [-0.05, 0) is 247 Å². The van der Waals surface area contributed by atoms with Gasteiger partial charge in [-0.15, -0.1) is 0 Å². The van der Waals surface area contributed by atoms with E-state index < -0.39 is 5.97 Å². The Morgan fingerprint density at radius 1 is 0.562 bits per heavy atom. The lowest BCUT2D eigenvalue weighted by molar-refractivity contribution is -0.302. The number of carboxylic acid groups (broad SMARTS) is 1. The molecule has 0 aliphatic rings. The molecule has 0 aliphatic heterocycles. The summed E-state index contributed by atoms with van der Waals surface area (Å²) < 4.78 is 11.9. The van der Waals surface area contributed by atoms with E-state index >= 15 is 0 Å². The van der Waals surface area contributed by atoms with E-state index in [0.717, 1.165) is 6.92 Å². The van der Waals surface area contributed by atoms with Gasteiger partial charge >= 0.3 is 0 Å². The first-order valence-electron chi connectivity index (χ1n) is 8.19. The number of rotatable bonds is 3. The summed E-state index contributed by atoms with van der Waals surface area (Å²) in [5.74, 6) is -1.08. The molecule has 0 N–H and O–H groups in total. The Hall–Kier alpha value is 4.05. The zero-order valence-electron chi connectivity index (χ0n) is 15.6. The molecule has 3 rings (SSSR count). The first-order chi connectivity index (χ1) is 14.8. The second-order valence-electron chi connectivity index (χ2n) is 5.89. The molecular weight excluding hydrogens is 1450 g/mol. The molecule has 3 aromatic rings. The summed E-state index contributed by atoms with van der Waals surface area (Å²) in [4.78, 5) is 13.2. The van der Waals surface area contributed by atoms with E-state index in [0.29, 0.717) is 0 Å². The molecule has 0 aromatic heterocycles. The molecule has 0 aliphatic carbocycles. The van der Waals surface area contributed by atoms with E-state index in [1.54, 1.807) is 0 Å². The van der Waals surface area contributed by atoms with Crippen molar-refractivity contribution >= 4 is 220 Å². The van der Waals surface area contributed by atoms with E-state index in [1.807, 2.05) is 0 Å². The zero-order valence-corrected chi connectivity index (χ0v) is 35.8. The Morgan fingerprint density at radius 3 is 0.875 bits per heavy atom. The van der Waals surface area contributed by atoms with Gasteiger partial charge in [0.2, 0.25) is 0 Å². The average molecular weight is 1460 g/mol. The fourth-order valence-corrected chi connectivity index (χ4v) is 19.3. The summed E-state index contributed by atoms with van der Waals surface area (Å²) in [5, 5.41) is 8.89. The summed E-state index contributed by atoms with van der Waals surface area (Å²) in [7, 11) is -0.164. The molecule has 3 aromatic carbocycles. The highest BCUT2D eigenvalue weighted by Crippen LogP contribution is 2.44. The summed E-state index contributed by atoms with van der Waals surface area (Å²) in [6.45, 7) is 0.972. The van der Waals surface area contributed by atoms with E-state index in [-0.39, 0.29) is 10.9 Å². The van der Waals surface area contributed by atoms with Gasteiger partial charge in [-0.25, -0.2) is 0 Å². The van der Waals surface area contributed by atoms with Gasteiger partial charge in [0.1, 0.15) is 10.9 Å². The molecular formula is C20H9I9O2S. The van der Waals surface area contributed by atoms with Crippen molar-refractivity contribution < 1.29 is 9.90 Å². The molecule has 0 saturated heterocycles. The molecule has 0 spiro atoms. The Labute approximate surface area is 313 Å². The largest absolute Gasteiger partial charge is 0.550 e. The van der Waals surface area contributed by atoms with E-state index in [2.05, 4.69) is 240 Å². The van der Waals surface area contributed by atoms with Crippen molar-refractivity contribution in [2.24, 2.45) is 0 Å². The molecule has 2 nitrogen and oxygen atoms in total. The molecule has 0 bridgehead atoms. The molecule has 0 fully saturated rings. The predicted molar refractivity (Wildman–Crippen MR) is 207 cm³/mol. The van der Waals surface area contributed by atoms with Crippen LogP contribution in [-0.2, 0) is 15.7 Å². The fourth-order valence-electron chi connectivity index (χ4n) is 2.48. The highest BCUT2D eigenvalue weighted by molar-refractivity contribution is 14.1. The molecule has 12 heteroatoms. The number of aliphatic carboxylic acids is 1. The van der Waals surface area contributed by atoms with Crippen molar-refractivity contribution in [1.82, 2.24) is 0 Å². The maximum atomic E-state index is 8.89. The second kappa shape index (κ2) is 15.0. The molecule has 32 heavy (non-hydrogen) atoms. The quantitative estimate of drug-likeness (QED) is 0.194. The van der Waals surface area contributed by atoms with Crippen LogP contribution in [0.4, 0.5) is 0 Å². The van der Waals surface area contributed by atoms with Gasteiger partial charge in [0.05, 0.1) is 21.4 Å². The van der Waals surface area contributed by atoms with Crippen molar-refractivity contribution in [3.63, 3.8) is 0 Å². The van der Waals surface area contributed by atoms with Crippen LogP contribution in [0.25, 0.3) is 0 Å². The summed E-state index contributed by atoms with van der Waals surface area (Å²) >= 11 is 22.4. The number of halogens is 9. The van der Waals surface area contributed by atoms with E-state index in [4.69, 9.17) is 9.90 Å². The highest BCUT2D eigenvalue weighted by Gasteiger charge is 2.40. The Balaban J connectivity index is 0.000000837. The molecule has 0 atom stereocenters. The van der Waals surface area contributed by atoms with Crippen LogP contribution in [0.15, 0.2) is 51.1 Å². The minimum absolute atomic E-state index is 0.164. The summed E-state index contributed by atoms with van der Waals surface area (Å²) in [5.41, 5.74) is 0. The standard InChI is InChI=1S/C18H6I9S.C2H4O2/c19-7-1-10(22)16(11(23)2-7)28(17-12(24)3-8(20)4-13(17)25)18-14(26)5-9(21)6-15(18)27;1-2(3)4/h1-6H;1H3,(H,3,4)/q+1;/p-1. The third kappa shape index (κ3) is 9.07. The van der Waals surface area contributed by atoms with Crippen LogP contribution in [0.5, 0.6) is 0 Å². The monoisotopic (exact) mass is 1460 g/mol. The number of carbonyl (C=O) groups excluding carboxylic acids is 1. The molecule has 0 saturated carbocycles. The van der Waals surface area contributed by atoms with Crippen molar-refractivity contribution in [1.29, 1.82) is 0 Å². The molecule has 170 valence electrons. The molecule has 0 heterocycles. The third-order valence-electron chi connectivity index (χ3n) is 3.50. The van der Waals surface area contributed by atoms with Gasteiger partial charge < -0.3 is 9.90 Å². The lowest BCUT2D eigenvalue weighted by Crippen LogP contribution is -2.16. The maximum absolute atomic E-state index is 8.89. The minimum atomic E-state index is -1.08. The van der Waals surface area contributed by atoms with Gasteiger partial charge in [-0.1, -0.05) is 0 Å². The van der Waals surface area contributed by atoms with Crippen LogP contribution in [0.1, 0.15) is 6.92 Å². The highest BCUT2D eigenvalue weighted by atomic mass is 127. The van der Waals surface area contributed by atoms with Crippen molar-refractivity contribution in [2.45, 2.75) is 21.6 Å². The number of carboxylic acids is 1. The Kier molecular flexibility index (Phi) is 15.1. The lowest BCUT2D eigenvalue weighted by Gasteiger charge is -2.17. The normalized spacial score (nSPS) is 10.7. The topological polar surface area (TPSA) is 40.1 Å². The van der Waals surface area contributed by atoms with Crippen LogP contribution in [0.2, 0.25) is 0 Å². The van der Waals surface area contributed by atoms with E-state index in [1.165, 1.54) is 46.8 Å². The van der Waals surface area contributed by atoms with Gasteiger partial charge in [-0.2, -0.15) is 0 Å². The van der Waals surface area contributed by atoms with Gasteiger partial charge in [-0.3, -0.25) is 0 Å². The third-order valence-corrected chi connectivity index (χ3v) is 15.2. The summed E-state index contributed by atoms with van der Waals surface area (Å²) in [6, 6.07) is 13.8. The van der Waals surface area contributed by atoms with Gasteiger partial charge in [0, 0.05) is 16.7 Å². The van der Waals surface area contributed by atoms with Crippen LogP contribution in [-0.4, -0.2) is 5.97 Å². The Morgan fingerprint density at radius 2 is 0.719 bits per heavy atom.